The Morgan fingerprint density at radius 2 is 1.92 bits per heavy atom. The third kappa shape index (κ3) is 5.16. The van der Waals surface area contributed by atoms with Gasteiger partial charge in [0.1, 0.15) is 6.61 Å². The highest BCUT2D eigenvalue weighted by Gasteiger charge is 2.09. The zero-order valence-corrected chi connectivity index (χ0v) is 15.2. The van der Waals surface area contributed by atoms with Gasteiger partial charge in [0.15, 0.2) is 11.5 Å². The maximum Gasteiger partial charge on any atom is 0.161 e. The second-order valence-electron chi connectivity index (χ2n) is 5.45. The Labute approximate surface area is 148 Å². The lowest BCUT2D eigenvalue weighted by molar-refractivity contribution is 0.171. The van der Waals surface area contributed by atoms with E-state index in [2.05, 4.69) is 24.4 Å². The molecule has 0 saturated heterocycles. The molecule has 130 valence electrons. The number of hydrogen-bond donors (Lipinski definition) is 2. The number of aryl methyl sites for hydroxylation is 1. The van der Waals surface area contributed by atoms with E-state index >= 15 is 0 Å². The highest BCUT2D eigenvalue weighted by Crippen LogP contribution is 2.26. The molecular formula is C19H25NO3S. The highest BCUT2D eigenvalue weighted by molar-refractivity contribution is 7.98. The first-order valence-electron chi connectivity index (χ1n) is 7.95. The molecule has 0 bridgehead atoms. The molecule has 0 aromatic heterocycles. The van der Waals surface area contributed by atoms with Gasteiger partial charge in [-0.2, -0.15) is 0 Å². The van der Waals surface area contributed by atoms with Crippen LogP contribution in [0.4, 0.5) is 0 Å². The number of rotatable bonds is 9. The van der Waals surface area contributed by atoms with Gasteiger partial charge in [-0.1, -0.05) is 24.3 Å². The molecule has 0 saturated carbocycles. The molecule has 0 aliphatic heterocycles. The van der Waals surface area contributed by atoms with Gasteiger partial charge in [0, 0.05) is 18.0 Å². The van der Waals surface area contributed by atoms with Gasteiger partial charge in [0.05, 0.1) is 13.2 Å². The van der Waals surface area contributed by atoms with Crippen LogP contribution < -0.4 is 14.8 Å². The van der Waals surface area contributed by atoms with Crippen molar-refractivity contribution in [2.24, 2.45) is 0 Å². The number of thioether (sulfide) groups is 1. The summed E-state index contributed by atoms with van der Waals surface area (Å²) in [5.41, 5.74) is 2.17. The van der Waals surface area contributed by atoms with Crippen molar-refractivity contribution in [2.45, 2.75) is 17.9 Å². The number of aliphatic hydroxyl groups excluding tert-OH is 1. The Morgan fingerprint density at radius 1 is 1.17 bits per heavy atom. The van der Waals surface area contributed by atoms with Gasteiger partial charge in [-0.3, -0.25) is 0 Å². The summed E-state index contributed by atoms with van der Waals surface area (Å²) in [6.07, 6.45) is 1.52. The fourth-order valence-corrected chi connectivity index (χ4v) is 3.02. The number of hydrogen-bond acceptors (Lipinski definition) is 5. The molecule has 2 N–H and O–H groups in total. The van der Waals surface area contributed by atoms with Crippen LogP contribution in [0.3, 0.4) is 0 Å². The van der Waals surface area contributed by atoms with Crippen LogP contribution in [-0.4, -0.2) is 38.2 Å². The third-order valence-electron chi connectivity index (χ3n) is 3.76. The van der Waals surface area contributed by atoms with Crippen LogP contribution in [0.1, 0.15) is 17.2 Å². The normalized spacial score (nSPS) is 12.0. The van der Waals surface area contributed by atoms with E-state index < -0.39 is 6.10 Å². The molecular weight excluding hydrogens is 322 g/mol. The van der Waals surface area contributed by atoms with Crippen molar-refractivity contribution >= 4 is 11.8 Å². The molecule has 5 heteroatoms. The van der Waals surface area contributed by atoms with E-state index in [9.17, 15) is 5.11 Å². The molecule has 0 fully saturated rings. The molecule has 0 amide bonds. The standard InChI is InChI=1S/C19H25NO3S/c1-14-8-9-15(12-19(14)24-3)16(21)13-20-10-11-23-18-7-5-4-6-17(18)22-2/h4-9,12,16,20-21H,10-11,13H2,1-3H3. The quantitative estimate of drug-likeness (QED) is 0.538. The predicted molar refractivity (Wildman–Crippen MR) is 99.3 cm³/mol. The summed E-state index contributed by atoms with van der Waals surface area (Å²) < 4.78 is 10.9. The first kappa shape index (κ1) is 18.6. The van der Waals surface area contributed by atoms with Crippen molar-refractivity contribution < 1.29 is 14.6 Å². The van der Waals surface area contributed by atoms with Crippen molar-refractivity contribution in [3.8, 4) is 11.5 Å². The van der Waals surface area contributed by atoms with Crippen molar-refractivity contribution in [2.75, 3.05) is 33.1 Å². The van der Waals surface area contributed by atoms with Crippen LogP contribution in [0.2, 0.25) is 0 Å². The second kappa shape index (κ2) is 9.57. The van der Waals surface area contributed by atoms with Crippen LogP contribution in [0, 0.1) is 6.92 Å². The summed E-state index contributed by atoms with van der Waals surface area (Å²) in [6.45, 7) is 3.73. The first-order valence-corrected chi connectivity index (χ1v) is 9.17. The van der Waals surface area contributed by atoms with E-state index in [1.54, 1.807) is 18.9 Å². The zero-order valence-electron chi connectivity index (χ0n) is 14.4. The summed E-state index contributed by atoms with van der Waals surface area (Å²) in [5.74, 6) is 1.45. The minimum Gasteiger partial charge on any atom is -0.493 e. The molecule has 0 aliphatic carbocycles. The summed E-state index contributed by atoms with van der Waals surface area (Å²) >= 11 is 1.70. The fraction of sp³-hybridized carbons (Fsp3) is 0.368. The average Bonchev–Trinajstić information content (AvgIpc) is 2.62. The van der Waals surface area contributed by atoms with Crippen molar-refractivity contribution in [1.29, 1.82) is 0 Å². The number of methoxy groups -OCH3 is 1. The number of para-hydroxylation sites is 2. The van der Waals surface area contributed by atoms with E-state index in [4.69, 9.17) is 9.47 Å². The second-order valence-corrected chi connectivity index (χ2v) is 6.30. The van der Waals surface area contributed by atoms with Crippen LogP contribution >= 0.6 is 11.8 Å². The van der Waals surface area contributed by atoms with Crippen molar-refractivity contribution in [1.82, 2.24) is 5.32 Å². The summed E-state index contributed by atoms with van der Waals surface area (Å²) in [4.78, 5) is 1.20. The molecule has 0 heterocycles. The molecule has 0 radical (unpaired) electrons. The Morgan fingerprint density at radius 3 is 2.62 bits per heavy atom. The average molecular weight is 347 g/mol. The maximum absolute atomic E-state index is 10.3. The minimum absolute atomic E-state index is 0.492. The number of benzene rings is 2. The highest BCUT2D eigenvalue weighted by atomic mass is 32.2. The number of nitrogens with one attached hydrogen (secondary N) is 1. The molecule has 0 aliphatic rings. The lowest BCUT2D eigenvalue weighted by Crippen LogP contribution is -2.26. The molecule has 0 spiro atoms. The van der Waals surface area contributed by atoms with Gasteiger partial charge in [-0.15, -0.1) is 11.8 Å². The van der Waals surface area contributed by atoms with E-state index in [0.29, 0.717) is 19.7 Å². The van der Waals surface area contributed by atoms with Crippen LogP contribution in [0.5, 0.6) is 11.5 Å². The number of aliphatic hydroxyl groups is 1. The van der Waals surface area contributed by atoms with Crippen LogP contribution in [0.25, 0.3) is 0 Å². The Hall–Kier alpha value is -1.69. The molecule has 4 nitrogen and oxygen atoms in total. The van der Waals surface area contributed by atoms with Gasteiger partial charge in [0.2, 0.25) is 0 Å². The van der Waals surface area contributed by atoms with Crippen molar-refractivity contribution in [3.05, 3.63) is 53.6 Å². The Balaban J connectivity index is 1.76. The van der Waals surface area contributed by atoms with Gasteiger partial charge in [0.25, 0.3) is 0 Å². The lowest BCUT2D eigenvalue weighted by Gasteiger charge is -2.15. The lowest BCUT2D eigenvalue weighted by atomic mass is 10.1. The molecule has 1 unspecified atom stereocenters. The van der Waals surface area contributed by atoms with Crippen molar-refractivity contribution in [3.63, 3.8) is 0 Å². The third-order valence-corrected chi connectivity index (χ3v) is 4.64. The monoisotopic (exact) mass is 347 g/mol. The fourth-order valence-electron chi connectivity index (χ4n) is 2.37. The Bertz CT molecular complexity index is 648. The van der Waals surface area contributed by atoms with Gasteiger partial charge < -0.3 is 19.9 Å². The topological polar surface area (TPSA) is 50.7 Å². The van der Waals surface area contributed by atoms with E-state index in [1.165, 1.54) is 10.5 Å². The smallest absolute Gasteiger partial charge is 0.161 e. The van der Waals surface area contributed by atoms with E-state index in [1.807, 2.05) is 36.6 Å². The predicted octanol–water partition coefficient (Wildman–Crippen LogP) is 3.43. The van der Waals surface area contributed by atoms with Gasteiger partial charge in [-0.25, -0.2) is 0 Å². The summed E-state index contributed by atoms with van der Waals surface area (Å²) in [6, 6.07) is 13.7. The maximum atomic E-state index is 10.3. The first-order chi connectivity index (χ1) is 11.7. The Kier molecular flexibility index (Phi) is 7.43. The zero-order chi connectivity index (χ0) is 17.4. The summed E-state index contributed by atoms with van der Waals surface area (Å²) in [5, 5.41) is 13.5. The van der Waals surface area contributed by atoms with Gasteiger partial charge >= 0.3 is 0 Å². The number of ether oxygens (including phenoxy) is 2. The minimum atomic E-state index is -0.525. The van der Waals surface area contributed by atoms with Crippen LogP contribution in [0.15, 0.2) is 47.4 Å². The van der Waals surface area contributed by atoms with E-state index in [-0.39, 0.29) is 0 Å². The molecule has 2 aromatic carbocycles. The molecule has 1 atom stereocenters. The van der Waals surface area contributed by atoms with Crippen LogP contribution in [-0.2, 0) is 0 Å². The van der Waals surface area contributed by atoms with E-state index in [0.717, 1.165) is 17.1 Å². The largest absolute Gasteiger partial charge is 0.493 e. The SMILES string of the molecule is COc1ccccc1OCCNCC(O)c1ccc(C)c(SC)c1. The molecule has 2 rings (SSSR count). The van der Waals surface area contributed by atoms with Gasteiger partial charge in [-0.05, 0) is 42.5 Å². The summed E-state index contributed by atoms with van der Waals surface area (Å²) in [7, 11) is 1.63. The molecule has 24 heavy (non-hydrogen) atoms. The molecule has 2 aromatic rings.